The maximum Gasteiger partial charge on any atom is 0.194 e. The van der Waals surface area contributed by atoms with Gasteiger partial charge in [0.25, 0.3) is 0 Å². The third-order valence-corrected chi connectivity index (χ3v) is 3.91. The molecule has 1 rings (SSSR count). The minimum Gasteiger partial charge on any atom is -0.489 e. The predicted molar refractivity (Wildman–Crippen MR) is 98.4 cm³/mol. The highest BCUT2D eigenvalue weighted by Crippen LogP contribution is 2.30. The molecule has 0 heterocycles. The van der Waals surface area contributed by atoms with Crippen LogP contribution < -0.4 is 4.74 Å². The Morgan fingerprint density at radius 2 is 1.91 bits per heavy atom. The average Bonchev–Trinajstić information content (AvgIpc) is 2.42. The van der Waals surface area contributed by atoms with E-state index < -0.39 is 3.79 Å². The van der Waals surface area contributed by atoms with Crippen molar-refractivity contribution < 1.29 is 4.74 Å². The molecular weight excluding hydrogens is 339 g/mol. The highest BCUT2D eigenvalue weighted by atomic mass is 35.6. The Labute approximate surface area is 148 Å². The summed E-state index contributed by atoms with van der Waals surface area (Å²) in [6, 6.07) is 6.11. The number of aryl methyl sites for hydroxylation is 1. The van der Waals surface area contributed by atoms with E-state index >= 15 is 0 Å². The maximum absolute atomic E-state index is 5.81. The van der Waals surface area contributed by atoms with Crippen molar-refractivity contribution in [1.82, 2.24) is 0 Å². The molecule has 0 aliphatic heterocycles. The van der Waals surface area contributed by atoms with Gasteiger partial charge in [-0.05, 0) is 56.9 Å². The second kappa shape index (κ2) is 9.50. The minimum atomic E-state index is -1.19. The van der Waals surface area contributed by atoms with Gasteiger partial charge in [-0.3, -0.25) is 0 Å². The summed E-state index contributed by atoms with van der Waals surface area (Å²) < 4.78 is 4.62. The normalized spacial score (nSPS) is 12.9. The summed E-state index contributed by atoms with van der Waals surface area (Å²) in [6.07, 6.45) is 8.43. The van der Waals surface area contributed by atoms with E-state index in [1.165, 1.54) is 16.7 Å². The molecular formula is C18H23Cl3O. The van der Waals surface area contributed by atoms with Gasteiger partial charge in [0, 0.05) is 6.42 Å². The molecule has 1 aromatic rings. The van der Waals surface area contributed by atoms with E-state index in [1.807, 2.05) is 24.3 Å². The maximum atomic E-state index is 5.81. The highest BCUT2D eigenvalue weighted by Gasteiger charge is 2.16. The van der Waals surface area contributed by atoms with Crippen molar-refractivity contribution in [1.29, 1.82) is 0 Å². The highest BCUT2D eigenvalue weighted by molar-refractivity contribution is 6.67. The van der Waals surface area contributed by atoms with E-state index in [9.17, 15) is 0 Å². The molecule has 0 aromatic heterocycles. The van der Waals surface area contributed by atoms with Gasteiger partial charge in [-0.25, -0.2) is 0 Å². The second-order valence-corrected chi connectivity index (χ2v) is 7.90. The molecule has 22 heavy (non-hydrogen) atoms. The molecule has 0 aliphatic carbocycles. The van der Waals surface area contributed by atoms with E-state index in [2.05, 4.69) is 32.9 Å². The summed E-state index contributed by atoms with van der Waals surface area (Å²) in [5, 5.41) is 0. The van der Waals surface area contributed by atoms with Crippen LogP contribution in [-0.4, -0.2) is 10.4 Å². The molecule has 1 aromatic carbocycles. The van der Waals surface area contributed by atoms with Crippen molar-refractivity contribution in [3.05, 3.63) is 53.1 Å². The van der Waals surface area contributed by atoms with E-state index in [1.54, 1.807) is 0 Å². The van der Waals surface area contributed by atoms with Gasteiger partial charge in [-0.1, -0.05) is 64.7 Å². The van der Waals surface area contributed by atoms with E-state index in [4.69, 9.17) is 39.5 Å². The first kappa shape index (κ1) is 19.4. The first-order chi connectivity index (χ1) is 10.3. The zero-order valence-electron chi connectivity index (χ0n) is 13.3. The first-order valence-corrected chi connectivity index (χ1v) is 8.49. The molecule has 0 saturated heterocycles. The van der Waals surface area contributed by atoms with Crippen molar-refractivity contribution in [2.24, 2.45) is 0 Å². The summed E-state index contributed by atoms with van der Waals surface area (Å²) in [5.74, 6) is 0.951. The summed E-state index contributed by atoms with van der Waals surface area (Å²) in [7, 11) is 0. The van der Waals surface area contributed by atoms with Crippen molar-refractivity contribution in [3.63, 3.8) is 0 Å². The van der Waals surface area contributed by atoms with Crippen molar-refractivity contribution in [2.75, 3.05) is 6.61 Å². The number of halogens is 3. The molecule has 0 bridgehead atoms. The van der Waals surface area contributed by atoms with Crippen LogP contribution in [0.25, 0.3) is 0 Å². The Hall–Kier alpha value is -0.630. The van der Waals surface area contributed by atoms with Crippen LogP contribution >= 0.6 is 34.8 Å². The molecule has 0 atom stereocenters. The predicted octanol–water partition coefficient (Wildman–Crippen LogP) is 6.73. The van der Waals surface area contributed by atoms with Gasteiger partial charge in [0.1, 0.15) is 12.4 Å². The number of hydrogen-bond acceptors (Lipinski definition) is 1. The van der Waals surface area contributed by atoms with E-state index in [-0.39, 0.29) is 0 Å². The van der Waals surface area contributed by atoms with Gasteiger partial charge >= 0.3 is 0 Å². The Morgan fingerprint density at radius 1 is 1.18 bits per heavy atom. The van der Waals surface area contributed by atoms with Crippen LogP contribution in [0.4, 0.5) is 0 Å². The molecule has 0 saturated carbocycles. The Kier molecular flexibility index (Phi) is 8.38. The standard InChI is InChI=1S/C18H23Cl3O/c1-14(8-5-4-6-12-18(19,20)21)11-13-22-17-10-7-9-15(2)16(17)3/h4,6-7,9-11H,5,8,12-13H2,1-3H3/b6-4+,14-11+. The molecule has 122 valence electrons. The van der Waals surface area contributed by atoms with Gasteiger partial charge in [-0.15, -0.1) is 0 Å². The minimum absolute atomic E-state index is 0.441. The number of allylic oxidation sites excluding steroid dienone is 3. The van der Waals surface area contributed by atoms with Crippen molar-refractivity contribution in [2.45, 2.75) is 43.8 Å². The summed E-state index contributed by atoms with van der Waals surface area (Å²) in [5.41, 5.74) is 3.74. The Morgan fingerprint density at radius 3 is 2.59 bits per heavy atom. The average molecular weight is 362 g/mol. The Balaban J connectivity index is 2.33. The lowest BCUT2D eigenvalue weighted by atomic mass is 10.1. The molecule has 0 amide bonds. The molecule has 0 radical (unpaired) electrons. The monoisotopic (exact) mass is 360 g/mol. The van der Waals surface area contributed by atoms with Crippen LogP contribution in [0.1, 0.15) is 37.3 Å². The number of rotatable bonds is 7. The first-order valence-electron chi connectivity index (χ1n) is 7.36. The fourth-order valence-corrected chi connectivity index (χ4v) is 2.17. The Bertz CT molecular complexity index is 528. The molecule has 0 fully saturated rings. The summed E-state index contributed by atoms with van der Waals surface area (Å²) >= 11 is 17.0. The van der Waals surface area contributed by atoms with E-state index in [0.29, 0.717) is 13.0 Å². The van der Waals surface area contributed by atoms with Crippen LogP contribution in [0.3, 0.4) is 0 Å². The number of hydrogen-bond donors (Lipinski definition) is 0. The van der Waals surface area contributed by atoms with Gasteiger partial charge < -0.3 is 4.74 Å². The van der Waals surface area contributed by atoms with Crippen LogP contribution in [0.5, 0.6) is 5.75 Å². The van der Waals surface area contributed by atoms with Crippen LogP contribution in [0.15, 0.2) is 42.0 Å². The lowest BCUT2D eigenvalue weighted by Crippen LogP contribution is -1.98. The number of ether oxygens (including phenoxy) is 1. The SMILES string of the molecule is C/C(=C\COc1cccc(C)c1C)CC/C=C/CC(Cl)(Cl)Cl. The lowest BCUT2D eigenvalue weighted by Gasteiger charge is -2.09. The smallest absolute Gasteiger partial charge is 0.194 e. The number of alkyl halides is 3. The fourth-order valence-electron chi connectivity index (χ4n) is 1.90. The third-order valence-electron chi connectivity index (χ3n) is 3.45. The second-order valence-electron chi connectivity index (χ2n) is 5.39. The molecule has 0 spiro atoms. The lowest BCUT2D eigenvalue weighted by molar-refractivity contribution is 0.359. The summed E-state index contributed by atoms with van der Waals surface area (Å²) in [6.45, 7) is 6.87. The van der Waals surface area contributed by atoms with Gasteiger partial charge in [-0.2, -0.15) is 0 Å². The zero-order valence-corrected chi connectivity index (χ0v) is 15.6. The van der Waals surface area contributed by atoms with Crippen molar-refractivity contribution >= 4 is 34.8 Å². The quantitative estimate of drug-likeness (QED) is 0.386. The topological polar surface area (TPSA) is 9.23 Å². The van der Waals surface area contributed by atoms with Crippen LogP contribution in [0, 0.1) is 13.8 Å². The zero-order chi connectivity index (χ0) is 16.6. The molecule has 1 nitrogen and oxygen atoms in total. The largest absolute Gasteiger partial charge is 0.489 e. The third kappa shape index (κ3) is 8.12. The summed E-state index contributed by atoms with van der Waals surface area (Å²) in [4.78, 5) is 0. The fraction of sp³-hybridized carbons (Fsp3) is 0.444. The van der Waals surface area contributed by atoms with Gasteiger partial charge in [0.2, 0.25) is 0 Å². The molecule has 0 unspecified atom stereocenters. The molecule has 0 aliphatic rings. The van der Waals surface area contributed by atoms with Gasteiger partial charge in [0.15, 0.2) is 3.79 Å². The van der Waals surface area contributed by atoms with Crippen LogP contribution in [0.2, 0.25) is 0 Å². The molecule has 0 N–H and O–H groups in total. The van der Waals surface area contributed by atoms with Gasteiger partial charge in [0.05, 0.1) is 0 Å². The van der Waals surface area contributed by atoms with Crippen molar-refractivity contribution in [3.8, 4) is 5.75 Å². The number of benzene rings is 1. The molecule has 4 heteroatoms. The van der Waals surface area contributed by atoms with E-state index in [0.717, 1.165) is 18.6 Å². The van der Waals surface area contributed by atoms with Crippen LogP contribution in [-0.2, 0) is 0 Å².